The molecule has 182 valence electrons. The minimum absolute atomic E-state index is 0. The summed E-state index contributed by atoms with van der Waals surface area (Å²) in [6.45, 7) is 6.23. The number of aliphatic imine (C=N–C) groups is 1. The van der Waals surface area contributed by atoms with Gasteiger partial charge in [-0.1, -0.05) is 18.2 Å². The fourth-order valence-corrected chi connectivity index (χ4v) is 4.03. The molecule has 2 aromatic rings. The zero-order chi connectivity index (χ0) is 22.8. The third kappa shape index (κ3) is 7.67. The summed E-state index contributed by atoms with van der Waals surface area (Å²) in [5, 5.41) is 6.92. The highest BCUT2D eigenvalue weighted by Crippen LogP contribution is 2.28. The van der Waals surface area contributed by atoms with Crippen LogP contribution in [0.1, 0.15) is 36.9 Å². The standard InChI is InChI=1S/C25H36N4O3.HI/c1-5-32-23-13-8-19(16-24(23)31-4)17-27-25(26-2)28-18-22(29-14-6-7-15-29)20-9-11-21(30-3)12-10-20;/h8-13,16,22H,5-7,14-15,17-18H2,1-4H3,(H2,26,27,28);1H. The summed E-state index contributed by atoms with van der Waals surface area (Å²) in [6, 6.07) is 14.6. The number of ether oxygens (including phenoxy) is 3. The van der Waals surface area contributed by atoms with Crippen molar-refractivity contribution >= 4 is 29.9 Å². The number of benzene rings is 2. The number of guanidine groups is 1. The van der Waals surface area contributed by atoms with Gasteiger partial charge in [-0.15, -0.1) is 24.0 Å². The molecule has 1 aliphatic rings. The maximum absolute atomic E-state index is 5.61. The molecule has 2 aromatic carbocycles. The second-order valence-corrected chi connectivity index (χ2v) is 7.76. The molecule has 0 spiro atoms. The fourth-order valence-electron chi connectivity index (χ4n) is 4.03. The van der Waals surface area contributed by atoms with Gasteiger partial charge >= 0.3 is 0 Å². The molecule has 33 heavy (non-hydrogen) atoms. The van der Waals surface area contributed by atoms with E-state index in [0.29, 0.717) is 13.2 Å². The van der Waals surface area contributed by atoms with Crippen LogP contribution in [-0.4, -0.2) is 58.4 Å². The van der Waals surface area contributed by atoms with Gasteiger partial charge in [0, 0.05) is 20.1 Å². The molecule has 0 aliphatic carbocycles. The number of rotatable bonds is 10. The van der Waals surface area contributed by atoms with Gasteiger partial charge in [0.2, 0.25) is 0 Å². The van der Waals surface area contributed by atoms with Crippen molar-refractivity contribution in [1.82, 2.24) is 15.5 Å². The molecule has 1 fully saturated rings. The first-order chi connectivity index (χ1) is 15.7. The largest absolute Gasteiger partial charge is 0.497 e. The van der Waals surface area contributed by atoms with Crippen LogP contribution < -0.4 is 24.8 Å². The molecule has 0 bridgehead atoms. The number of halogens is 1. The Bertz CT molecular complexity index is 870. The van der Waals surface area contributed by atoms with Gasteiger partial charge in [0.05, 0.1) is 26.9 Å². The van der Waals surface area contributed by atoms with Gasteiger partial charge in [0.25, 0.3) is 0 Å². The minimum atomic E-state index is 0. The van der Waals surface area contributed by atoms with E-state index in [1.807, 2.05) is 37.3 Å². The summed E-state index contributed by atoms with van der Waals surface area (Å²) in [4.78, 5) is 6.95. The Kier molecular flexibility index (Phi) is 11.6. The number of nitrogens with one attached hydrogen (secondary N) is 2. The molecule has 7 nitrogen and oxygen atoms in total. The first-order valence-corrected chi connectivity index (χ1v) is 11.3. The van der Waals surface area contributed by atoms with Crippen LogP contribution in [-0.2, 0) is 6.54 Å². The predicted molar refractivity (Wildman–Crippen MR) is 144 cm³/mol. The first kappa shape index (κ1) is 27.0. The smallest absolute Gasteiger partial charge is 0.191 e. The summed E-state index contributed by atoms with van der Waals surface area (Å²) in [5.74, 6) is 3.15. The quantitative estimate of drug-likeness (QED) is 0.254. The fraction of sp³-hybridized carbons (Fsp3) is 0.480. The maximum Gasteiger partial charge on any atom is 0.191 e. The monoisotopic (exact) mass is 568 g/mol. The Balaban J connectivity index is 0.00000385. The van der Waals surface area contributed by atoms with Crippen molar-refractivity contribution in [1.29, 1.82) is 0 Å². The van der Waals surface area contributed by atoms with Crippen LogP contribution in [0, 0.1) is 0 Å². The second-order valence-electron chi connectivity index (χ2n) is 7.76. The van der Waals surface area contributed by atoms with Crippen LogP contribution >= 0.6 is 24.0 Å². The van der Waals surface area contributed by atoms with Crippen LogP contribution in [0.4, 0.5) is 0 Å². The van der Waals surface area contributed by atoms with Crippen molar-refractivity contribution < 1.29 is 14.2 Å². The molecule has 2 N–H and O–H groups in total. The highest BCUT2D eigenvalue weighted by atomic mass is 127. The van der Waals surface area contributed by atoms with Crippen LogP contribution in [0.15, 0.2) is 47.5 Å². The molecule has 8 heteroatoms. The SMILES string of the molecule is CCOc1ccc(CNC(=NC)NCC(c2ccc(OC)cc2)N2CCCC2)cc1OC.I. The predicted octanol–water partition coefficient (Wildman–Crippen LogP) is 4.22. The van der Waals surface area contributed by atoms with Crippen LogP contribution in [0.5, 0.6) is 17.2 Å². The summed E-state index contributed by atoms with van der Waals surface area (Å²) < 4.78 is 16.4. The Morgan fingerprint density at radius 3 is 2.33 bits per heavy atom. The number of nitrogens with zero attached hydrogens (tertiary/aromatic N) is 2. The van der Waals surface area contributed by atoms with E-state index in [4.69, 9.17) is 14.2 Å². The lowest BCUT2D eigenvalue weighted by Gasteiger charge is -2.29. The Labute approximate surface area is 214 Å². The minimum Gasteiger partial charge on any atom is -0.497 e. The van der Waals surface area contributed by atoms with Crippen molar-refractivity contribution in [2.75, 3.05) is 47.5 Å². The molecule has 0 amide bonds. The molecule has 1 heterocycles. The normalized spacial score (nSPS) is 14.8. The van der Waals surface area contributed by atoms with Gasteiger partial charge in [0.1, 0.15) is 5.75 Å². The van der Waals surface area contributed by atoms with E-state index in [0.717, 1.165) is 48.4 Å². The van der Waals surface area contributed by atoms with Crippen molar-refractivity contribution in [3.8, 4) is 17.2 Å². The van der Waals surface area contributed by atoms with Crippen molar-refractivity contribution in [3.63, 3.8) is 0 Å². The van der Waals surface area contributed by atoms with E-state index in [1.165, 1.54) is 18.4 Å². The van der Waals surface area contributed by atoms with E-state index in [1.54, 1.807) is 21.3 Å². The van der Waals surface area contributed by atoms with Crippen LogP contribution in [0.2, 0.25) is 0 Å². The summed E-state index contributed by atoms with van der Waals surface area (Å²) in [5.41, 5.74) is 2.38. The molecule has 1 atom stereocenters. The van der Waals surface area contributed by atoms with Gasteiger partial charge < -0.3 is 24.8 Å². The average Bonchev–Trinajstić information content (AvgIpc) is 3.37. The van der Waals surface area contributed by atoms with Gasteiger partial charge in [-0.05, 0) is 68.2 Å². The summed E-state index contributed by atoms with van der Waals surface area (Å²) >= 11 is 0. The Morgan fingerprint density at radius 2 is 1.73 bits per heavy atom. The van der Waals surface area contributed by atoms with Gasteiger partial charge in [0.15, 0.2) is 17.5 Å². The molecule has 1 aliphatic heterocycles. The highest BCUT2D eigenvalue weighted by Gasteiger charge is 2.23. The number of likely N-dealkylation sites (tertiary alicyclic amines) is 1. The molecule has 3 rings (SSSR count). The first-order valence-electron chi connectivity index (χ1n) is 11.3. The second kappa shape index (κ2) is 14.1. The van der Waals surface area contributed by atoms with E-state index in [9.17, 15) is 0 Å². The third-order valence-corrected chi connectivity index (χ3v) is 5.76. The van der Waals surface area contributed by atoms with Gasteiger partial charge in [-0.25, -0.2) is 0 Å². The average molecular weight is 569 g/mol. The van der Waals surface area contributed by atoms with Gasteiger partial charge in [-0.3, -0.25) is 9.89 Å². The Morgan fingerprint density at radius 1 is 1.00 bits per heavy atom. The van der Waals surface area contributed by atoms with E-state index in [2.05, 4.69) is 32.7 Å². The topological polar surface area (TPSA) is 67.3 Å². The zero-order valence-corrected chi connectivity index (χ0v) is 22.4. The Hall–Kier alpha value is -2.20. The van der Waals surface area contributed by atoms with E-state index in [-0.39, 0.29) is 30.0 Å². The molecular weight excluding hydrogens is 531 g/mol. The third-order valence-electron chi connectivity index (χ3n) is 5.76. The van der Waals surface area contributed by atoms with Crippen molar-refractivity contribution in [3.05, 3.63) is 53.6 Å². The van der Waals surface area contributed by atoms with Crippen molar-refractivity contribution in [2.45, 2.75) is 32.4 Å². The molecular formula is C25H37IN4O3. The molecule has 1 saturated heterocycles. The zero-order valence-electron chi connectivity index (χ0n) is 20.1. The molecule has 0 saturated carbocycles. The molecule has 1 unspecified atom stereocenters. The maximum atomic E-state index is 5.61. The number of hydrogen-bond donors (Lipinski definition) is 2. The highest BCUT2D eigenvalue weighted by molar-refractivity contribution is 14.0. The van der Waals surface area contributed by atoms with E-state index < -0.39 is 0 Å². The van der Waals surface area contributed by atoms with Crippen LogP contribution in [0.25, 0.3) is 0 Å². The van der Waals surface area contributed by atoms with Gasteiger partial charge in [-0.2, -0.15) is 0 Å². The number of hydrogen-bond acceptors (Lipinski definition) is 5. The van der Waals surface area contributed by atoms with Crippen molar-refractivity contribution in [2.24, 2.45) is 4.99 Å². The molecule has 0 radical (unpaired) electrons. The summed E-state index contributed by atoms with van der Waals surface area (Å²) in [7, 11) is 5.16. The lowest BCUT2D eigenvalue weighted by atomic mass is 10.1. The lowest BCUT2D eigenvalue weighted by Crippen LogP contribution is -2.42. The van der Waals surface area contributed by atoms with E-state index >= 15 is 0 Å². The summed E-state index contributed by atoms with van der Waals surface area (Å²) in [6.07, 6.45) is 2.50. The lowest BCUT2D eigenvalue weighted by molar-refractivity contribution is 0.245. The number of methoxy groups -OCH3 is 2. The molecule has 0 aromatic heterocycles. The van der Waals surface area contributed by atoms with Crippen LogP contribution in [0.3, 0.4) is 0 Å².